The highest BCUT2D eigenvalue weighted by atomic mass is 16.6. The molecule has 0 saturated carbocycles. The molecule has 3 atom stereocenters. The molecule has 44 heavy (non-hydrogen) atoms. The minimum atomic E-state index is -1.53. The van der Waals surface area contributed by atoms with Crippen molar-refractivity contribution in [3.8, 4) is 0 Å². The van der Waals surface area contributed by atoms with Crippen LogP contribution in [0, 0.1) is 6.92 Å². The fourth-order valence-electron chi connectivity index (χ4n) is 5.48. The van der Waals surface area contributed by atoms with Gasteiger partial charge < -0.3 is 29.2 Å². The lowest BCUT2D eigenvalue weighted by atomic mass is 9.83. The van der Waals surface area contributed by atoms with Gasteiger partial charge in [-0.1, -0.05) is 91.0 Å². The lowest BCUT2D eigenvalue weighted by Gasteiger charge is -2.41. The van der Waals surface area contributed by atoms with Gasteiger partial charge in [0, 0.05) is 18.2 Å². The van der Waals surface area contributed by atoms with E-state index in [4.69, 9.17) is 18.9 Å². The number of benzene rings is 3. The molecule has 10 nitrogen and oxygen atoms in total. The lowest BCUT2D eigenvalue weighted by Crippen LogP contribution is -2.60. The van der Waals surface area contributed by atoms with Crippen LogP contribution in [0.4, 0.5) is 0 Å². The quantitative estimate of drug-likeness (QED) is 0.226. The van der Waals surface area contributed by atoms with Gasteiger partial charge in [0.25, 0.3) is 5.56 Å². The van der Waals surface area contributed by atoms with E-state index in [1.54, 1.807) is 6.92 Å². The number of hydrogen-bond donors (Lipinski definition) is 2. The minimum absolute atomic E-state index is 0.00795. The number of nitrogens with zero attached hydrogens (tertiary/aromatic N) is 2. The maximum Gasteiger partial charge on any atom is 0.335 e. The van der Waals surface area contributed by atoms with Crippen LogP contribution in [0.5, 0.6) is 0 Å². The maximum atomic E-state index is 13.7. The normalized spacial score (nSPS) is 21.5. The third-order valence-electron chi connectivity index (χ3n) is 8.02. The van der Waals surface area contributed by atoms with Gasteiger partial charge in [-0.2, -0.15) is 0 Å². The summed E-state index contributed by atoms with van der Waals surface area (Å²) in [5.74, 6) is 0. The molecule has 0 unspecified atom stereocenters. The van der Waals surface area contributed by atoms with Gasteiger partial charge in [0.2, 0.25) is 0 Å². The second kappa shape index (κ2) is 14.3. The summed E-state index contributed by atoms with van der Waals surface area (Å²) in [6.45, 7) is 0.723. The molecule has 2 heterocycles. The smallest absolute Gasteiger partial charge is 0.335 e. The molecule has 0 spiro atoms. The van der Waals surface area contributed by atoms with Crippen molar-refractivity contribution < 1.29 is 29.2 Å². The molecule has 0 amide bonds. The molecule has 1 fully saturated rings. The van der Waals surface area contributed by atoms with E-state index in [1.807, 2.05) is 91.0 Å². The van der Waals surface area contributed by atoms with Gasteiger partial charge in [0.15, 0.2) is 0 Å². The minimum Gasteiger partial charge on any atom is -0.393 e. The molecule has 3 aromatic carbocycles. The highest BCUT2D eigenvalue weighted by Gasteiger charge is 2.61. The van der Waals surface area contributed by atoms with E-state index in [1.165, 1.54) is 10.8 Å². The third kappa shape index (κ3) is 6.76. The van der Waals surface area contributed by atoms with Crippen molar-refractivity contribution in [1.82, 2.24) is 9.13 Å². The molecule has 1 aromatic heterocycles. The molecule has 1 saturated heterocycles. The second-order valence-corrected chi connectivity index (χ2v) is 11.0. The molecular weight excluding hydrogens is 564 g/mol. The SMILES string of the molecule is Cc1cn([C@H]2C[C@](CO)(OCc3ccccc3)[C@@](CO)(COCc3ccccc3)O2)c(=O)n(COCc2ccccc2)c1=O. The summed E-state index contributed by atoms with van der Waals surface area (Å²) in [5, 5.41) is 21.7. The first-order valence-corrected chi connectivity index (χ1v) is 14.5. The average molecular weight is 603 g/mol. The summed E-state index contributed by atoms with van der Waals surface area (Å²) in [4.78, 5) is 26.7. The van der Waals surface area contributed by atoms with E-state index in [-0.39, 0.29) is 39.6 Å². The zero-order valence-corrected chi connectivity index (χ0v) is 24.7. The van der Waals surface area contributed by atoms with Crippen LogP contribution in [0.25, 0.3) is 0 Å². The molecule has 2 N–H and O–H groups in total. The fourth-order valence-corrected chi connectivity index (χ4v) is 5.48. The molecule has 232 valence electrons. The maximum absolute atomic E-state index is 13.7. The van der Waals surface area contributed by atoms with Gasteiger partial charge in [0.1, 0.15) is 24.2 Å². The van der Waals surface area contributed by atoms with Crippen molar-refractivity contribution in [3.05, 3.63) is 140 Å². The van der Waals surface area contributed by atoms with Gasteiger partial charge in [-0.05, 0) is 23.6 Å². The van der Waals surface area contributed by atoms with Gasteiger partial charge >= 0.3 is 5.69 Å². The van der Waals surface area contributed by atoms with Crippen LogP contribution in [-0.2, 0) is 45.5 Å². The number of hydrogen-bond acceptors (Lipinski definition) is 8. The van der Waals surface area contributed by atoms with Crippen molar-refractivity contribution in [3.63, 3.8) is 0 Å². The molecule has 0 radical (unpaired) electrons. The van der Waals surface area contributed by atoms with Gasteiger partial charge in [-0.25, -0.2) is 9.36 Å². The molecule has 0 aliphatic carbocycles. The van der Waals surface area contributed by atoms with Crippen LogP contribution in [0.15, 0.2) is 107 Å². The molecule has 10 heteroatoms. The van der Waals surface area contributed by atoms with E-state index < -0.39 is 41.9 Å². The van der Waals surface area contributed by atoms with Crippen molar-refractivity contribution in [2.24, 2.45) is 0 Å². The van der Waals surface area contributed by atoms with Crippen LogP contribution in [0.2, 0.25) is 0 Å². The second-order valence-electron chi connectivity index (χ2n) is 11.0. The van der Waals surface area contributed by atoms with Gasteiger partial charge in [-0.3, -0.25) is 9.36 Å². The number of aliphatic hydroxyl groups is 2. The van der Waals surface area contributed by atoms with Crippen LogP contribution in [0.3, 0.4) is 0 Å². The predicted octanol–water partition coefficient (Wildman–Crippen LogP) is 3.31. The molecule has 1 aliphatic heterocycles. The highest BCUT2D eigenvalue weighted by Crippen LogP contribution is 2.47. The Balaban J connectivity index is 1.44. The van der Waals surface area contributed by atoms with Crippen molar-refractivity contribution >= 4 is 0 Å². The Labute approximate surface area is 255 Å². The Bertz CT molecular complexity index is 1610. The first kappa shape index (κ1) is 31.5. The van der Waals surface area contributed by atoms with Gasteiger partial charge in [0.05, 0.1) is 39.6 Å². The van der Waals surface area contributed by atoms with Crippen molar-refractivity contribution in [2.45, 2.75) is 57.3 Å². The Morgan fingerprint density at radius 1 is 0.795 bits per heavy atom. The summed E-state index contributed by atoms with van der Waals surface area (Å²) >= 11 is 0. The third-order valence-corrected chi connectivity index (χ3v) is 8.02. The zero-order valence-electron chi connectivity index (χ0n) is 24.7. The van der Waals surface area contributed by atoms with E-state index >= 15 is 0 Å². The standard InChI is InChI=1S/C34H38N2O8/c1-26-18-35(32(40)36(31(26)39)25-42-20-28-13-7-3-8-14-28)30-17-33(22-37,43-21-29-15-9-4-10-16-29)34(23-38,44-30)24-41-19-27-11-5-2-6-12-27/h2-16,18,30,37-38H,17,19-25H2,1H3/t30-,33-,34-/m1/s1. The largest absolute Gasteiger partial charge is 0.393 e. The molecule has 4 aromatic rings. The Morgan fingerprint density at radius 2 is 1.34 bits per heavy atom. The first-order chi connectivity index (χ1) is 21.4. The number of aryl methyl sites for hydroxylation is 1. The van der Waals surface area contributed by atoms with Crippen LogP contribution < -0.4 is 11.2 Å². The van der Waals surface area contributed by atoms with Crippen molar-refractivity contribution in [2.75, 3.05) is 19.8 Å². The van der Waals surface area contributed by atoms with E-state index in [0.717, 1.165) is 21.3 Å². The number of rotatable bonds is 14. The number of ether oxygens (including phenoxy) is 4. The highest BCUT2D eigenvalue weighted by molar-refractivity contribution is 5.17. The predicted molar refractivity (Wildman–Crippen MR) is 163 cm³/mol. The van der Waals surface area contributed by atoms with Crippen molar-refractivity contribution in [1.29, 1.82) is 0 Å². The molecule has 1 aliphatic rings. The van der Waals surface area contributed by atoms with Crippen LogP contribution >= 0.6 is 0 Å². The topological polar surface area (TPSA) is 121 Å². The fraction of sp³-hybridized carbons (Fsp3) is 0.353. The monoisotopic (exact) mass is 602 g/mol. The Kier molecular flexibility index (Phi) is 10.2. The van der Waals surface area contributed by atoms with E-state index in [2.05, 4.69) is 0 Å². The molecule has 0 bridgehead atoms. The van der Waals surface area contributed by atoms with Crippen LogP contribution in [0.1, 0.15) is 34.9 Å². The summed E-state index contributed by atoms with van der Waals surface area (Å²) in [6.07, 6.45) is 0.451. The summed E-state index contributed by atoms with van der Waals surface area (Å²) in [6, 6.07) is 28.4. The number of aliphatic hydroxyl groups excluding tert-OH is 2. The average Bonchev–Trinajstić information content (AvgIpc) is 3.39. The summed E-state index contributed by atoms with van der Waals surface area (Å²) in [7, 11) is 0. The first-order valence-electron chi connectivity index (χ1n) is 14.5. The summed E-state index contributed by atoms with van der Waals surface area (Å²) in [5.41, 5.74) is -1.12. The Hall–Kier alpha value is -3.90. The lowest BCUT2D eigenvalue weighted by molar-refractivity contribution is -0.225. The van der Waals surface area contributed by atoms with Crippen LogP contribution in [-0.4, -0.2) is 50.4 Å². The molecule has 5 rings (SSSR count). The van der Waals surface area contributed by atoms with E-state index in [0.29, 0.717) is 5.56 Å². The summed E-state index contributed by atoms with van der Waals surface area (Å²) < 4.78 is 27.0. The molecular formula is C34H38N2O8. The Morgan fingerprint density at radius 3 is 1.89 bits per heavy atom. The van der Waals surface area contributed by atoms with E-state index in [9.17, 15) is 19.8 Å². The van der Waals surface area contributed by atoms with Gasteiger partial charge in [-0.15, -0.1) is 0 Å². The zero-order chi connectivity index (χ0) is 31.0. The number of aromatic nitrogens is 2.